The molecular weight excluding hydrogens is 246 g/mol. The molecular formula is C12H15N5O2. The lowest BCUT2D eigenvalue weighted by Crippen LogP contribution is -2.38. The highest BCUT2D eigenvalue weighted by atomic mass is 16.5. The zero-order valence-corrected chi connectivity index (χ0v) is 10.9. The summed E-state index contributed by atoms with van der Waals surface area (Å²) in [7, 11) is 1.42. The van der Waals surface area contributed by atoms with Crippen LogP contribution < -0.4 is 4.90 Å². The van der Waals surface area contributed by atoms with Crippen LogP contribution in [0.3, 0.4) is 0 Å². The predicted molar refractivity (Wildman–Crippen MR) is 67.9 cm³/mol. The Morgan fingerprint density at radius 2 is 2.37 bits per heavy atom. The maximum Gasteiger partial charge on any atom is 0.328 e. The molecule has 1 atom stereocenters. The van der Waals surface area contributed by atoms with Crippen LogP contribution in [-0.4, -0.2) is 45.2 Å². The Morgan fingerprint density at radius 3 is 3.16 bits per heavy atom. The molecule has 0 aliphatic carbocycles. The summed E-state index contributed by atoms with van der Waals surface area (Å²) in [6.45, 7) is 2.71. The number of methoxy groups -OCH3 is 1. The quantitative estimate of drug-likeness (QED) is 0.736. The molecule has 1 aliphatic heterocycles. The summed E-state index contributed by atoms with van der Waals surface area (Å²) in [6, 6.07) is 1.67. The van der Waals surface area contributed by atoms with Crippen LogP contribution in [0.25, 0.3) is 5.78 Å². The van der Waals surface area contributed by atoms with Gasteiger partial charge in [-0.25, -0.2) is 9.78 Å². The van der Waals surface area contributed by atoms with Gasteiger partial charge in [0.15, 0.2) is 0 Å². The van der Waals surface area contributed by atoms with Gasteiger partial charge in [0.1, 0.15) is 18.2 Å². The number of nitrogens with zero attached hydrogens (tertiary/aromatic N) is 5. The number of carbonyl (C=O) groups is 1. The largest absolute Gasteiger partial charge is 0.467 e. The first-order valence-electron chi connectivity index (χ1n) is 6.22. The van der Waals surface area contributed by atoms with Gasteiger partial charge in [-0.15, -0.1) is 0 Å². The van der Waals surface area contributed by atoms with E-state index in [1.807, 2.05) is 17.9 Å². The van der Waals surface area contributed by atoms with Gasteiger partial charge < -0.3 is 9.64 Å². The number of hydrogen-bond donors (Lipinski definition) is 0. The van der Waals surface area contributed by atoms with Crippen LogP contribution in [0.2, 0.25) is 0 Å². The van der Waals surface area contributed by atoms with Crippen molar-refractivity contribution in [3.63, 3.8) is 0 Å². The molecule has 0 amide bonds. The van der Waals surface area contributed by atoms with Gasteiger partial charge in [0, 0.05) is 18.3 Å². The van der Waals surface area contributed by atoms with Crippen molar-refractivity contribution in [2.45, 2.75) is 25.8 Å². The topological polar surface area (TPSA) is 72.6 Å². The van der Waals surface area contributed by atoms with Gasteiger partial charge in [0.25, 0.3) is 5.78 Å². The average molecular weight is 261 g/mol. The summed E-state index contributed by atoms with van der Waals surface area (Å²) < 4.78 is 6.53. The summed E-state index contributed by atoms with van der Waals surface area (Å²) in [5, 5.41) is 4.17. The van der Waals surface area contributed by atoms with E-state index in [2.05, 4.69) is 15.1 Å². The van der Waals surface area contributed by atoms with Crippen molar-refractivity contribution in [3.05, 3.63) is 18.1 Å². The Labute approximate surface area is 110 Å². The number of anilines is 1. The normalized spacial score (nSPS) is 19.1. The Balaban J connectivity index is 2.08. The molecule has 1 saturated heterocycles. The first-order valence-corrected chi connectivity index (χ1v) is 6.22. The highest BCUT2D eigenvalue weighted by molar-refractivity contribution is 5.80. The lowest BCUT2D eigenvalue weighted by atomic mass is 10.2. The number of esters is 1. The van der Waals surface area contributed by atoms with Gasteiger partial charge in [0.05, 0.1) is 7.11 Å². The fourth-order valence-corrected chi connectivity index (χ4v) is 2.54. The Kier molecular flexibility index (Phi) is 2.81. The summed E-state index contributed by atoms with van der Waals surface area (Å²) in [5.41, 5.74) is 0.853. The van der Waals surface area contributed by atoms with Gasteiger partial charge in [-0.3, -0.25) is 0 Å². The molecule has 0 aromatic carbocycles. The molecule has 3 rings (SSSR count). The number of hydrogen-bond acceptors (Lipinski definition) is 6. The maximum atomic E-state index is 11.8. The monoisotopic (exact) mass is 261 g/mol. The van der Waals surface area contributed by atoms with Gasteiger partial charge in [-0.05, 0) is 19.8 Å². The maximum absolute atomic E-state index is 11.8. The molecule has 1 fully saturated rings. The smallest absolute Gasteiger partial charge is 0.328 e. The van der Waals surface area contributed by atoms with Crippen LogP contribution in [-0.2, 0) is 9.53 Å². The first-order chi connectivity index (χ1) is 9.20. The van der Waals surface area contributed by atoms with E-state index in [1.54, 1.807) is 4.52 Å². The number of fused-ring (bicyclic) bond motifs is 1. The molecule has 0 radical (unpaired) electrons. The Morgan fingerprint density at radius 1 is 1.53 bits per heavy atom. The Hall–Kier alpha value is -2.18. The van der Waals surface area contributed by atoms with Crippen LogP contribution in [0, 0.1) is 6.92 Å². The number of aromatic nitrogens is 4. The minimum atomic E-state index is -0.251. The lowest BCUT2D eigenvalue weighted by Gasteiger charge is -2.24. The van der Waals surface area contributed by atoms with E-state index >= 15 is 0 Å². The van der Waals surface area contributed by atoms with Crippen molar-refractivity contribution < 1.29 is 9.53 Å². The molecule has 7 nitrogen and oxygen atoms in total. The molecule has 1 aliphatic rings. The fourth-order valence-electron chi connectivity index (χ4n) is 2.54. The minimum Gasteiger partial charge on any atom is -0.467 e. The Bertz CT molecular complexity index is 624. The number of rotatable bonds is 2. The molecule has 100 valence electrons. The molecule has 2 aromatic heterocycles. The van der Waals surface area contributed by atoms with E-state index in [1.165, 1.54) is 13.4 Å². The third-order valence-corrected chi connectivity index (χ3v) is 3.38. The van der Waals surface area contributed by atoms with E-state index in [4.69, 9.17) is 4.74 Å². The van der Waals surface area contributed by atoms with Crippen molar-refractivity contribution >= 4 is 17.6 Å². The van der Waals surface area contributed by atoms with Gasteiger partial charge in [-0.1, -0.05) is 0 Å². The van der Waals surface area contributed by atoms with E-state index in [0.717, 1.165) is 30.9 Å². The highest BCUT2D eigenvalue weighted by Crippen LogP contribution is 2.26. The molecule has 0 N–H and O–H groups in total. The molecule has 1 unspecified atom stereocenters. The zero-order chi connectivity index (χ0) is 13.4. The van der Waals surface area contributed by atoms with Crippen LogP contribution in [0.1, 0.15) is 18.5 Å². The fraction of sp³-hybridized carbons (Fsp3) is 0.500. The lowest BCUT2D eigenvalue weighted by molar-refractivity contribution is -0.141. The molecule has 7 heteroatoms. The molecule has 3 heterocycles. The summed E-state index contributed by atoms with van der Waals surface area (Å²) in [5.74, 6) is 1.18. The summed E-state index contributed by atoms with van der Waals surface area (Å²) in [4.78, 5) is 22.3. The molecule has 0 saturated carbocycles. The molecule has 0 spiro atoms. The van der Waals surface area contributed by atoms with Crippen LogP contribution >= 0.6 is 0 Å². The second-order valence-electron chi connectivity index (χ2n) is 4.60. The average Bonchev–Trinajstić information content (AvgIpc) is 3.04. The first kappa shape index (κ1) is 11.9. The third-order valence-electron chi connectivity index (χ3n) is 3.38. The SMILES string of the molecule is COC(=O)C1CCCN1c1cc(C)nc2ncnn12. The summed E-state index contributed by atoms with van der Waals surface area (Å²) in [6.07, 6.45) is 3.22. The minimum absolute atomic E-state index is 0.208. The van der Waals surface area contributed by atoms with Crippen molar-refractivity contribution in [2.24, 2.45) is 0 Å². The van der Waals surface area contributed by atoms with Crippen LogP contribution in [0.4, 0.5) is 5.82 Å². The molecule has 19 heavy (non-hydrogen) atoms. The second kappa shape index (κ2) is 4.49. The van der Waals surface area contributed by atoms with Crippen molar-refractivity contribution in [3.8, 4) is 0 Å². The third kappa shape index (κ3) is 1.91. The number of carbonyl (C=O) groups excluding carboxylic acids is 1. The van der Waals surface area contributed by atoms with E-state index in [-0.39, 0.29) is 12.0 Å². The number of ether oxygens (including phenoxy) is 1. The van der Waals surface area contributed by atoms with Gasteiger partial charge >= 0.3 is 5.97 Å². The number of aryl methyl sites for hydroxylation is 1. The second-order valence-corrected chi connectivity index (χ2v) is 4.60. The van der Waals surface area contributed by atoms with E-state index in [0.29, 0.717) is 5.78 Å². The molecule has 0 bridgehead atoms. The van der Waals surface area contributed by atoms with Crippen molar-refractivity contribution in [2.75, 3.05) is 18.6 Å². The van der Waals surface area contributed by atoms with E-state index < -0.39 is 0 Å². The van der Waals surface area contributed by atoms with E-state index in [9.17, 15) is 4.79 Å². The van der Waals surface area contributed by atoms with Crippen molar-refractivity contribution in [1.29, 1.82) is 0 Å². The summed E-state index contributed by atoms with van der Waals surface area (Å²) >= 11 is 0. The standard InChI is InChI=1S/C12H15N5O2/c1-8-6-10(17-12(15-8)13-7-14-17)16-5-3-4-9(16)11(18)19-2/h6-7,9H,3-5H2,1-2H3. The van der Waals surface area contributed by atoms with Crippen LogP contribution in [0.15, 0.2) is 12.4 Å². The van der Waals surface area contributed by atoms with Gasteiger partial charge in [-0.2, -0.15) is 14.6 Å². The zero-order valence-electron chi connectivity index (χ0n) is 10.9. The molecule has 2 aromatic rings. The highest BCUT2D eigenvalue weighted by Gasteiger charge is 2.33. The predicted octanol–water partition coefficient (Wildman–Crippen LogP) is 0.575. The van der Waals surface area contributed by atoms with Crippen molar-refractivity contribution in [1.82, 2.24) is 19.6 Å². The van der Waals surface area contributed by atoms with Crippen LogP contribution in [0.5, 0.6) is 0 Å². The van der Waals surface area contributed by atoms with Gasteiger partial charge in [0.2, 0.25) is 0 Å².